The minimum atomic E-state index is -0.969. The number of ether oxygens (including phenoxy) is 2. The van der Waals surface area contributed by atoms with Crippen LogP contribution in [-0.4, -0.2) is 61.7 Å². The largest absolute Gasteiger partial charge is 0.371 e. The minimum Gasteiger partial charge on any atom is -0.371 e. The van der Waals surface area contributed by atoms with Crippen molar-refractivity contribution < 1.29 is 29.3 Å². The Hall–Kier alpha value is -4.36. The Morgan fingerprint density at radius 2 is 1.32 bits per heavy atom. The second kappa shape index (κ2) is 12.3. The van der Waals surface area contributed by atoms with Gasteiger partial charge in [-0.1, -0.05) is 48.5 Å². The summed E-state index contributed by atoms with van der Waals surface area (Å²) in [7, 11) is 0. The maximum atomic E-state index is 11.4. The molecule has 0 saturated heterocycles. The fraction of sp³-hybridized carbons (Fsp3) is 0.231. The van der Waals surface area contributed by atoms with E-state index in [1.807, 2.05) is 48.5 Å². The Labute approximate surface area is 217 Å². The molecule has 198 valence electrons. The summed E-state index contributed by atoms with van der Waals surface area (Å²) in [6, 6.07) is 15.7. The molecule has 0 radical (unpaired) electrons. The lowest BCUT2D eigenvalue weighted by atomic mass is 10.0. The summed E-state index contributed by atoms with van der Waals surface area (Å²) in [5, 5.41) is 18.0. The molecule has 8 N–H and O–H groups in total. The van der Waals surface area contributed by atoms with Crippen LogP contribution in [0, 0.1) is 0 Å². The van der Waals surface area contributed by atoms with Gasteiger partial charge in [-0.15, -0.1) is 0 Å². The van der Waals surface area contributed by atoms with E-state index in [0.717, 1.165) is 33.6 Å². The van der Waals surface area contributed by atoms with Gasteiger partial charge in [0.15, 0.2) is 0 Å². The molecule has 0 spiro atoms. The molecule has 0 aliphatic heterocycles. The van der Waals surface area contributed by atoms with Crippen molar-refractivity contribution in [3.63, 3.8) is 0 Å². The number of aliphatic hydroxyl groups is 2. The Morgan fingerprint density at radius 1 is 0.789 bits per heavy atom. The van der Waals surface area contributed by atoms with Crippen molar-refractivity contribution in [2.45, 2.75) is 25.0 Å². The zero-order chi connectivity index (χ0) is 27.1. The van der Waals surface area contributed by atoms with Gasteiger partial charge < -0.3 is 41.1 Å². The van der Waals surface area contributed by atoms with E-state index in [0.29, 0.717) is 11.6 Å². The molecule has 4 rings (SSSR count). The van der Waals surface area contributed by atoms with Crippen LogP contribution in [0.15, 0.2) is 60.9 Å². The number of imidazole rings is 2. The third-order valence-corrected chi connectivity index (χ3v) is 5.89. The van der Waals surface area contributed by atoms with Crippen LogP contribution in [0.4, 0.5) is 0 Å². The van der Waals surface area contributed by atoms with Gasteiger partial charge in [-0.25, -0.2) is 9.97 Å². The average molecular weight is 521 g/mol. The molecule has 38 heavy (non-hydrogen) atoms. The average Bonchev–Trinajstić information content (AvgIpc) is 3.59. The van der Waals surface area contributed by atoms with Gasteiger partial charge in [0.25, 0.3) is 0 Å². The molecule has 2 aromatic carbocycles. The zero-order valence-corrected chi connectivity index (χ0v) is 20.3. The number of hydrogen-bond acceptors (Lipinski definition) is 8. The molecule has 2 aromatic heterocycles. The maximum Gasteiger partial charge on any atom is 0.247 e. The minimum absolute atomic E-state index is 0.103. The van der Waals surface area contributed by atoms with Crippen LogP contribution in [0.25, 0.3) is 33.6 Å². The summed E-state index contributed by atoms with van der Waals surface area (Å²) in [6.45, 7) is -1.16. The number of nitrogens with one attached hydrogen (secondary N) is 2. The zero-order valence-electron chi connectivity index (χ0n) is 20.3. The summed E-state index contributed by atoms with van der Waals surface area (Å²) >= 11 is 0. The molecule has 4 aromatic rings. The van der Waals surface area contributed by atoms with Crippen LogP contribution in [-0.2, 0) is 25.5 Å². The van der Waals surface area contributed by atoms with Gasteiger partial charge in [0.1, 0.15) is 37.4 Å². The molecule has 0 bridgehead atoms. The van der Waals surface area contributed by atoms with Gasteiger partial charge in [0.05, 0.1) is 30.2 Å². The number of aromatic amines is 2. The highest BCUT2D eigenvalue weighted by Crippen LogP contribution is 2.28. The number of benzene rings is 2. The monoisotopic (exact) mass is 520 g/mol. The summed E-state index contributed by atoms with van der Waals surface area (Å²) in [4.78, 5) is 37.5. The van der Waals surface area contributed by atoms with Gasteiger partial charge in [-0.3, -0.25) is 9.59 Å². The van der Waals surface area contributed by atoms with Crippen LogP contribution in [0.3, 0.4) is 0 Å². The number of hydrogen-bond donors (Lipinski definition) is 6. The smallest absolute Gasteiger partial charge is 0.247 e. The summed E-state index contributed by atoms with van der Waals surface area (Å²) in [5.41, 5.74) is 15.9. The molecule has 12 heteroatoms. The van der Waals surface area contributed by atoms with Crippen molar-refractivity contribution >= 4 is 11.8 Å². The molecule has 12 nitrogen and oxygen atoms in total. The number of nitrogens with zero attached hydrogens (tertiary/aromatic N) is 2. The van der Waals surface area contributed by atoms with Gasteiger partial charge in [-0.05, 0) is 22.3 Å². The highest BCUT2D eigenvalue weighted by molar-refractivity contribution is 5.79. The van der Waals surface area contributed by atoms with E-state index in [9.17, 15) is 9.59 Å². The van der Waals surface area contributed by atoms with E-state index < -0.39 is 37.6 Å². The first-order chi connectivity index (χ1) is 18.4. The lowest BCUT2D eigenvalue weighted by molar-refractivity contribution is -0.136. The normalized spacial score (nSPS) is 12.8. The van der Waals surface area contributed by atoms with E-state index in [-0.39, 0.29) is 12.8 Å². The van der Waals surface area contributed by atoms with E-state index in [1.165, 1.54) is 0 Å². The number of aliphatic hydroxyl groups excluding tert-OH is 2. The first kappa shape index (κ1) is 26.7. The molecule has 0 unspecified atom stereocenters. The summed E-state index contributed by atoms with van der Waals surface area (Å²) < 4.78 is 10.1. The highest BCUT2D eigenvalue weighted by Gasteiger charge is 2.20. The van der Waals surface area contributed by atoms with E-state index in [1.54, 1.807) is 12.4 Å². The van der Waals surface area contributed by atoms with Crippen LogP contribution < -0.4 is 11.5 Å². The first-order valence-corrected chi connectivity index (χ1v) is 11.7. The van der Waals surface area contributed by atoms with Crippen molar-refractivity contribution in [1.29, 1.82) is 0 Å². The van der Waals surface area contributed by atoms with Crippen LogP contribution >= 0.6 is 0 Å². The number of carbonyl (C=O) groups excluding carboxylic acids is 2. The Kier molecular flexibility index (Phi) is 8.61. The molecule has 0 aliphatic rings. The number of carbonyl (C=O) groups is 2. The topological polar surface area (TPSA) is 202 Å². The predicted molar refractivity (Wildman–Crippen MR) is 137 cm³/mol. The van der Waals surface area contributed by atoms with Gasteiger partial charge in [0, 0.05) is 6.42 Å². The van der Waals surface area contributed by atoms with Crippen molar-refractivity contribution in [2.24, 2.45) is 11.5 Å². The number of aromatic nitrogens is 4. The molecule has 0 fully saturated rings. The summed E-state index contributed by atoms with van der Waals surface area (Å²) in [6.07, 6.45) is 1.59. The second-order valence-electron chi connectivity index (χ2n) is 8.43. The third kappa shape index (κ3) is 6.49. The van der Waals surface area contributed by atoms with Crippen molar-refractivity contribution in [3.8, 4) is 33.6 Å². The van der Waals surface area contributed by atoms with Gasteiger partial charge >= 0.3 is 0 Å². The molecular weight excluding hydrogens is 492 g/mol. The van der Waals surface area contributed by atoms with E-state index in [2.05, 4.69) is 19.9 Å². The molecule has 2 heterocycles. The fourth-order valence-corrected chi connectivity index (χ4v) is 3.96. The van der Waals surface area contributed by atoms with Crippen molar-refractivity contribution in [2.75, 3.05) is 13.6 Å². The first-order valence-electron chi connectivity index (χ1n) is 11.7. The van der Waals surface area contributed by atoms with E-state index in [4.69, 9.17) is 31.2 Å². The van der Waals surface area contributed by atoms with Gasteiger partial charge in [0.2, 0.25) is 11.8 Å². The van der Waals surface area contributed by atoms with Gasteiger partial charge in [-0.2, -0.15) is 0 Å². The fourth-order valence-electron chi connectivity index (χ4n) is 3.96. The van der Waals surface area contributed by atoms with Crippen molar-refractivity contribution in [3.05, 3.63) is 72.6 Å². The number of nitrogens with two attached hydrogens (primary N) is 2. The van der Waals surface area contributed by atoms with Crippen LogP contribution in [0.1, 0.15) is 24.2 Å². The molecule has 2 atom stereocenters. The number of H-pyrrole nitrogens is 2. The molecule has 0 saturated carbocycles. The highest BCUT2D eigenvalue weighted by atomic mass is 16.6. The number of primary amides is 2. The molecule has 0 aliphatic carbocycles. The Bertz CT molecular complexity index is 1370. The SMILES string of the molecule is NC(=O)C[C@@H](OCO)c1ncc(-c2ccc(-c3ccc(-c4cnc(C[C@@H](OCO)C(N)=O)[nH]4)cc3)cc2)[nH]1. The van der Waals surface area contributed by atoms with Crippen LogP contribution in [0.2, 0.25) is 0 Å². The third-order valence-electron chi connectivity index (χ3n) is 5.89. The Morgan fingerprint density at radius 3 is 1.84 bits per heavy atom. The quantitative estimate of drug-likeness (QED) is 0.142. The van der Waals surface area contributed by atoms with Crippen LogP contribution in [0.5, 0.6) is 0 Å². The van der Waals surface area contributed by atoms with E-state index >= 15 is 0 Å². The maximum absolute atomic E-state index is 11.4. The molecule has 2 amide bonds. The standard InChI is InChI=1S/C26H28N6O6/c27-23(35)9-22(38-14-34)26-30-12-20(32-26)18-7-3-16(4-8-18)15-1-5-17(6-2-15)19-11-29-24(31-19)10-21(25(28)36)37-13-33/h1-8,11-12,21-22,33-34H,9-10,13-14H2,(H2,27,35)(H2,28,36)(H,29,31)(H,30,32)/t21-,22-/m1/s1. The summed E-state index contributed by atoms with van der Waals surface area (Å²) in [5.74, 6) is -0.319. The lowest BCUT2D eigenvalue weighted by Gasteiger charge is -2.11. The van der Waals surface area contributed by atoms with Crippen molar-refractivity contribution in [1.82, 2.24) is 19.9 Å². The molecular formula is C26H28N6O6. The Balaban J connectivity index is 1.44. The predicted octanol–water partition coefficient (Wildman–Crippen LogP) is 1.38. The second-order valence-corrected chi connectivity index (χ2v) is 8.43. The number of rotatable bonds is 13. The number of amides is 2. The lowest BCUT2D eigenvalue weighted by Crippen LogP contribution is -2.33.